The van der Waals surface area contributed by atoms with E-state index in [1.54, 1.807) is 18.7 Å². The molecule has 31 heavy (non-hydrogen) atoms. The molecule has 8 nitrogen and oxygen atoms in total. The van der Waals surface area contributed by atoms with Gasteiger partial charge in [-0.3, -0.25) is 4.79 Å². The van der Waals surface area contributed by atoms with Crippen molar-refractivity contribution < 1.29 is 22.3 Å². The van der Waals surface area contributed by atoms with E-state index in [9.17, 15) is 17.6 Å². The lowest BCUT2D eigenvalue weighted by atomic mass is 10.0. The highest BCUT2D eigenvalue weighted by molar-refractivity contribution is 7.87. The second-order valence-corrected chi connectivity index (χ2v) is 10.7. The highest BCUT2D eigenvalue weighted by Gasteiger charge is 2.44. The Kier molecular flexibility index (Phi) is 7.34. The molecular formula is C19H24ClFN4O4S2. The number of nitrogens with one attached hydrogen (secondary N) is 2. The normalized spacial score (nSPS) is 21.7. The van der Waals surface area contributed by atoms with Crippen molar-refractivity contribution >= 4 is 44.7 Å². The first-order chi connectivity index (χ1) is 14.5. The summed E-state index contributed by atoms with van der Waals surface area (Å²) in [6.07, 6.45) is 2.14. The van der Waals surface area contributed by atoms with Crippen LogP contribution in [0.2, 0.25) is 5.02 Å². The minimum atomic E-state index is -3.98. The van der Waals surface area contributed by atoms with Crippen molar-refractivity contribution in [2.45, 2.75) is 44.4 Å². The maximum Gasteiger partial charge on any atom is 0.280 e. The Hall–Kier alpha value is -1.63. The summed E-state index contributed by atoms with van der Waals surface area (Å²) in [4.78, 5) is 17.3. The number of nitrogens with zero attached hydrogens (tertiary/aromatic N) is 2. The molecule has 2 N–H and O–H groups in total. The van der Waals surface area contributed by atoms with Crippen LogP contribution in [0.5, 0.6) is 0 Å². The Morgan fingerprint density at radius 1 is 1.48 bits per heavy atom. The van der Waals surface area contributed by atoms with Crippen LogP contribution in [0.15, 0.2) is 29.8 Å². The summed E-state index contributed by atoms with van der Waals surface area (Å²) in [6.45, 7) is 3.75. The highest BCUT2D eigenvalue weighted by Crippen LogP contribution is 2.31. The highest BCUT2D eigenvalue weighted by atomic mass is 35.5. The van der Waals surface area contributed by atoms with E-state index in [1.807, 2.05) is 13.8 Å². The van der Waals surface area contributed by atoms with Crippen molar-refractivity contribution in [3.8, 4) is 0 Å². The van der Waals surface area contributed by atoms with E-state index >= 15 is 0 Å². The number of benzene rings is 1. The molecule has 2 atom stereocenters. The molecular weight excluding hydrogens is 467 g/mol. The zero-order valence-corrected chi connectivity index (χ0v) is 19.7. The van der Waals surface area contributed by atoms with Gasteiger partial charge in [0.1, 0.15) is 16.9 Å². The summed E-state index contributed by atoms with van der Waals surface area (Å²) in [6, 6.07) is 2.14. The minimum absolute atomic E-state index is 0.0724. The van der Waals surface area contributed by atoms with E-state index in [1.165, 1.54) is 23.5 Å². The van der Waals surface area contributed by atoms with Crippen LogP contribution in [-0.4, -0.2) is 48.9 Å². The predicted octanol–water partition coefficient (Wildman–Crippen LogP) is 3.34. The second kappa shape index (κ2) is 9.47. The monoisotopic (exact) mass is 490 g/mol. The van der Waals surface area contributed by atoms with E-state index in [0.717, 1.165) is 10.4 Å². The van der Waals surface area contributed by atoms with Gasteiger partial charge in [-0.15, -0.1) is 11.3 Å². The lowest BCUT2D eigenvalue weighted by Crippen LogP contribution is -2.58. The summed E-state index contributed by atoms with van der Waals surface area (Å²) >= 11 is 7.11. The van der Waals surface area contributed by atoms with Crippen molar-refractivity contribution in [3.05, 3.63) is 45.6 Å². The molecule has 1 saturated heterocycles. The van der Waals surface area contributed by atoms with Gasteiger partial charge in [-0.25, -0.2) is 9.37 Å². The largest absolute Gasteiger partial charge is 0.379 e. The zero-order chi connectivity index (χ0) is 22.8. The van der Waals surface area contributed by atoms with E-state index in [2.05, 4.69) is 15.0 Å². The first kappa shape index (κ1) is 24.0. The molecule has 170 valence electrons. The molecule has 0 saturated carbocycles. The molecule has 1 fully saturated rings. The number of aromatic nitrogens is 1. The molecule has 0 spiro atoms. The third-order valence-corrected chi connectivity index (χ3v) is 7.95. The molecule has 2 heterocycles. The van der Waals surface area contributed by atoms with Gasteiger partial charge in [-0.2, -0.15) is 17.4 Å². The Morgan fingerprint density at radius 3 is 2.84 bits per heavy atom. The van der Waals surface area contributed by atoms with Crippen LogP contribution < -0.4 is 10.0 Å². The van der Waals surface area contributed by atoms with Crippen molar-refractivity contribution in [1.82, 2.24) is 14.0 Å². The smallest absolute Gasteiger partial charge is 0.280 e. The Bertz CT molecular complexity index is 1030. The van der Waals surface area contributed by atoms with Gasteiger partial charge in [-0.05, 0) is 44.9 Å². The van der Waals surface area contributed by atoms with Gasteiger partial charge in [0.15, 0.2) is 0 Å². The standard InChI is InChI=1S/C19H24ClFN4O4S2/c1-19(2,29-3)6-8-25-16(17(26)23-12-4-5-14(21)13(20)10-12)11-15(24-31(25,27)28)18-22-7-9-30-18/h4-5,7,9-10,15-16,24H,6,8,11H2,1-3H3,(H,23,26). The van der Waals surface area contributed by atoms with Crippen molar-refractivity contribution in [2.24, 2.45) is 0 Å². The number of thiazole rings is 1. The molecule has 2 unspecified atom stereocenters. The SMILES string of the molecule is COC(C)(C)CCN1C(C(=O)Nc2ccc(F)c(Cl)c2)CC(c2nccs2)NS1(=O)=O. The third-order valence-electron chi connectivity index (χ3n) is 5.13. The number of anilines is 1. The average molecular weight is 491 g/mol. The third kappa shape index (κ3) is 5.79. The molecule has 1 aromatic heterocycles. The van der Waals surface area contributed by atoms with Gasteiger partial charge in [0.2, 0.25) is 5.91 Å². The summed E-state index contributed by atoms with van der Waals surface area (Å²) in [5.41, 5.74) is -0.303. The van der Waals surface area contributed by atoms with Gasteiger partial charge < -0.3 is 10.1 Å². The fraction of sp³-hybridized carbons (Fsp3) is 0.474. The molecule has 3 rings (SSSR count). The van der Waals surface area contributed by atoms with Gasteiger partial charge in [0.25, 0.3) is 10.2 Å². The van der Waals surface area contributed by atoms with Crippen LogP contribution in [0.3, 0.4) is 0 Å². The summed E-state index contributed by atoms with van der Waals surface area (Å²) in [7, 11) is -2.44. The molecule has 2 aromatic rings. The molecule has 12 heteroatoms. The first-order valence-electron chi connectivity index (χ1n) is 9.52. The van der Waals surface area contributed by atoms with Crippen LogP contribution in [0, 0.1) is 5.82 Å². The maximum atomic E-state index is 13.5. The Morgan fingerprint density at radius 2 is 2.23 bits per heavy atom. The Labute approximate surface area is 189 Å². The van der Waals surface area contributed by atoms with Crippen LogP contribution in [-0.2, 0) is 19.7 Å². The van der Waals surface area contributed by atoms with Crippen LogP contribution in [0.25, 0.3) is 0 Å². The van der Waals surface area contributed by atoms with Crippen LogP contribution >= 0.6 is 22.9 Å². The number of methoxy groups -OCH3 is 1. The van der Waals surface area contributed by atoms with Crippen molar-refractivity contribution in [1.29, 1.82) is 0 Å². The van der Waals surface area contributed by atoms with Crippen LogP contribution in [0.4, 0.5) is 10.1 Å². The molecule has 1 aliphatic heterocycles. The molecule has 0 radical (unpaired) electrons. The van der Waals surface area contributed by atoms with E-state index < -0.39 is 39.6 Å². The van der Waals surface area contributed by atoms with Crippen LogP contribution in [0.1, 0.15) is 37.7 Å². The quantitative estimate of drug-likeness (QED) is 0.620. The van der Waals surface area contributed by atoms with Gasteiger partial charge in [0.05, 0.1) is 16.7 Å². The van der Waals surface area contributed by atoms with Gasteiger partial charge in [-0.1, -0.05) is 11.6 Å². The molecule has 0 aliphatic carbocycles. The van der Waals surface area contributed by atoms with Gasteiger partial charge in [0, 0.05) is 30.9 Å². The molecule has 1 amide bonds. The first-order valence-corrected chi connectivity index (χ1v) is 12.2. The number of hydrogen-bond acceptors (Lipinski definition) is 6. The minimum Gasteiger partial charge on any atom is -0.379 e. The fourth-order valence-electron chi connectivity index (χ4n) is 3.16. The topological polar surface area (TPSA) is 101 Å². The predicted molar refractivity (Wildman–Crippen MR) is 118 cm³/mol. The average Bonchev–Trinajstić information content (AvgIpc) is 3.23. The van der Waals surface area contributed by atoms with E-state index in [4.69, 9.17) is 16.3 Å². The van der Waals surface area contributed by atoms with E-state index in [0.29, 0.717) is 11.4 Å². The molecule has 1 aromatic carbocycles. The van der Waals surface area contributed by atoms with Gasteiger partial charge >= 0.3 is 0 Å². The summed E-state index contributed by atoms with van der Waals surface area (Å²) in [5, 5.41) is 4.82. The number of halogens is 2. The number of hydrogen-bond donors (Lipinski definition) is 2. The molecule has 0 bridgehead atoms. The lowest BCUT2D eigenvalue weighted by Gasteiger charge is -2.38. The molecule has 1 aliphatic rings. The fourth-order valence-corrected chi connectivity index (χ4v) is 5.67. The number of ether oxygens (including phenoxy) is 1. The second-order valence-electron chi connectivity index (χ2n) is 7.74. The van der Waals surface area contributed by atoms with E-state index in [-0.39, 0.29) is 23.7 Å². The zero-order valence-electron chi connectivity index (χ0n) is 17.3. The summed E-state index contributed by atoms with van der Waals surface area (Å²) in [5.74, 6) is -1.15. The lowest BCUT2D eigenvalue weighted by molar-refractivity contribution is -0.120. The number of amides is 1. The van der Waals surface area contributed by atoms with Crippen molar-refractivity contribution in [3.63, 3.8) is 0 Å². The van der Waals surface area contributed by atoms with Crippen molar-refractivity contribution in [2.75, 3.05) is 19.0 Å². The number of carbonyl (C=O) groups excluding carboxylic acids is 1. The number of rotatable bonds is 7. The summed E-state index contributed by atoms with van der Waals surface area (Å²) < 4.78 is 48.7. The number of carbonyl (C=O) groups is 1. The maximum absolute atomic E-state index is 13.5. The Balaban J connectivity index is 1.88.